The molecule has 52 valence electrons. The van der Waals surface area contributed by atoms with Gasteiger partial charge in [0.2, 0.25) is 5.76 Å². The van der Waals surface area contributed by atoms with E-state index in [-0.39, 0.29) is 12.2 Å². The topological polar surface area (TPSA) is 69.4 Å². The van der Waals surface area contributed by atoms with E-state index in [0.717, 1.165) is 0 Å². The first kappa shape index (κ1) is 6.47. The van der Waals surface area contributed by atoms with Gasteiger partial charge in [-0.3, -0.25) is 4.79 Å². The number of carbonyl (C=O) groups is 2. The van der Waals surface area contributed by atoms with Crippen LogP contribution in [-0.4, -0.2) is 17.6 Å². The molecule has 0 radical (unpaired) electrons. The van der Waals surface area contributed by atoms with Gasteiger partial charge in [0.05, 0.1) is 6.20 Å². The molecule has 0 aliphatic heterocycles. The Bertz CT molecular complexity index is 228. The van der Waals surface area contributed by atoms with Crippen molar-refractivity contribution >= 4 is 12.4 Å². The van der Waals surface area contributed by atoms with Crippen LogP contribution < -0.4 is 0 Å². The molecular formula is C5H3NO4. The number of carbonyl (C=O) groups excluding carboxylic acids is 2. The van der Waals surface area contributed by atoms with Crippen molar-refractivity contribution < 1.29 is 18.8 Å². The van der Waals surface area contributed by atoms with Gasteiger partial charge >= 0.3 is 12.4 Å². The maximum atomic E-state index is 10.5. The van der Waals surface area contributed by atoms with Crippen LogP contribution in [0.15, 0.2) is 16.8 Å². The quantitative estimate of drug-likeness (QED) is 0.329. The van der Waals surface area contributed by atoms with E-state index in [1.54, 1.807) is 0 Å². The largest absolute Gasteiger partial charge is 0.389 e. The zero-order chi connectivity index (χ0) is 7.40. The highest BCUT2D eigenvalue weighted by Gasteiger charge is 2.09. The normalized spacial score (nSPS) is 8.80. The minimum Gasteiger partial charge on any atom is -0.389 e. The van der Waals surface area contributed by atoms with E-state index in [0.29, 0.717) is 0 Å². The van der Waals surface area contributed by atoms with E-state index in [9.17, 15) is 9.59 Å². The number of hydrogen-bond acceptors (Lipinski definition) is 5. The molecule has 1 heterocycles. The molecule has 10 heavy (non-hydrogen) atoms. The van der Waals surface area contributed by atoms with Crippen molar-refractivity contribution in [2.45, 2.75) is 0 Å². The van der Waals surface area contributed by atoms with E-state index in [1.165, 1.54) is 12.3 Å². The van der Waals surface area contributed by atoms with Crippen LogP contribution in [-0.2, 0) is 9.53 Å². The SMILES string of the molecule is O=COC(=O)c1ccno1. The van der Waals surface area contributed by atoms with Gasteiger partial charge in [-0.15, -0.1) is 0 Å². The second kappa shape index (κ2) is 2.77. The summed E-state index contributed by atoms with van der Waals surface area (Å²) < 4.78 is 8.30. The molecule has 0 unspecified atom stereocenters. The second-order valence-electron chi connectivity index (χ2n) is 1.38. The van der Waals surface area contributed by atoms with Crippen LogP contribution in [0.4, 0.5) is 0 Å². The fraction of sp³-hybridized carbons (Fsp3) is 0. The van der Waals surface area contributed by atoms with E-state index in [2.05, 4.69) is 14.4 Å². The number of aromatic nitrogens is 1. The van der Waals surface area contributed by atoms with Crippen LogP contribution in [0, 0.1) is 0 Å². The lowest BCUT2D eigenvalue weighted by Crippen LogP contribution is -2.00. The Hall–Kier alpha value is -1.65. The zero-order valence-corrected chi connectivity index (χ0v) is 4.81. The average Bonchev–Trinajstić information content (AvgIpc) is 2.38. The summed E-state index contributed by atoms with van der Waals surface area (Å²) in [6, 6.07) is 1.30. The predicted octanol–water partition coefficient (Wildman–Crippen LogP) is -0.0122. The summed E-state index contributed by atoms with van der Waals surface area (Å²) in [4.78, 5) is 20.1. The van der Waals surface area contributed by atoms with Gasteiger partial charge < -0.3 is 9.26 Å². The van der Waals surface area contributed by atoms with Crippen molar-refractivity contribution in [1.29, 1.82) is 0 Å². The lowest BCUT2D eigenvalue weighted by atomic mass is 10.5. The lowest BCUT2D eigenvalue weighted by Gasteiger charge is -1.86. The summed E-state index contributed by atoms with van der Waals surface area (Å²) in [6.45, 7) is 0.0326. The minimum atomic E-state index is -0.840. The van der Waals surface area contributed by atoms with Gasteiger partial charge in [-0.1, -0.05) is 5.16 Å². The molecule has 0 N–H and O–H groups in total. The van der Waals surface area contributed by atoms with Crippen molar-refractivity contribution in [3.63, 3.8) is 0 Å². The molecule has 1 aromatic heterocycles. The van der Waals surface area contributed by atoms with Crippen LogP contribution >= 0.6 is 0 Å². The molecule has 0 saturated heterocycles. The molecule has 1 rings (SSSR count). The summed E-state index contributed by atoms with van der Waals surface area (Å²) in [7, 11) is 0. The molecule has 5 nitrogen and oxygen atoms in total. The Kier molecular flexibility index (Phi) is 1.79. The van der Waals surface area contributed by atoms with Crippen LogP contribution in [0.2, 0.25) is 0 Å². The highest BCUT2D eigenvalue weighted by atomic mass is 16.6. The maximum Gasteiger partial charge on any atom is 0.384 e. The van der Waals surface area contributed by atoms with Crippen molar-refractivity contribution in [1.82, 2.24) is 5.16 Å². The molecule has 0 saturated carbocycles. The predicted molar refractivity (Wildman–Crippen MR) is 28.0 cm³/mol. The van der Waals surface area contributed by atoms with Gasteiger partial charge in [-0.05, 0) is 0 Å². The summed E-state index contributed by atoms with van der Waals surface area (Å²) in [5.41, 5.74) is 0. The zero-order valence-electron chi connectivity index (χ0n) is 4.81. The Morgan fingerprint density at radius 3 is 3.10 bits per heavy atom. The maximum absolute atomic E-state index is 10.5. The highest BCUT2D eigenvalue weighted by molar-refractivity contribution is 5.89. The van der Waals surface area contributed by atoms with Gasteiger partial charge in [0.1, 0.15) is 0 Å². The summed E-state index contributed by atoms with van der Waals surface area (Å²) in [5, 5.41) is 3.23. The van der Waals surface area contributed by atoms with Crippen LogP contribution in [0.3, 0.4) is 0 Å². The molecule has 0 aliphatic carbocycles. The van der Waals surface area contributed by atoms with Crippen molar-refractivity contribution in [2.24, 2.45) is 0 Å². The molecular weight excluding hydrogens is 138 g/mol. The molecule has 0 spiro atoms. The van der Waals surface area contributed by atoms with Gasteiger partial charge in [-0.25, -0.2) is 4.79 Å². The first-order valence-corrected chi connectivity index (χ1v) is 2.40. The van der Waals surface area contributed by atoms with Gasteiger partial charge in [0.25, 0.3) is 0 Å². The Morgan fingerprint density at radius 1 is 1.80 bits per heavy atom. The number of nitrogens with zero attached hydrogens (tertiary/aromatic N) is 1. The Morgan fingerprint density at radius 2 is 2.60 bits per heavy atom. The fourth-order valence-corrected chi connectivity index (χ4v) is 0.423. The van der Waals surface area contributed by atoms with Crippen LogP contribution in [0.1, 0.15) is 10.6 Å². The molecule has 1 aromatic rings. The average molecular weight is 141 g/mol. The van der Waals surface area contributed by atoms with E-state index in [1.807, 2.05) is 0 Å². The third-order valence-electron chi connectivity index (χ3n) is 0.794. The Balaban J connectivity index is 2.68. The van der Waals surface area contributed by atoms with Crippen LogP contribution in [0.25, 0.3) is 0 Å². The van der Waals surface area contributed by atoms with Gasteiger partial charge in [0, 0.05) is 6.07 Å². The van der Waals surface area contributed by atoms with Crippen molar-refractivity contribution in [3.8, 4) is 0 Å². The molecule has 0 bridgehead atoms. The second-order valence-corrected chi connectivity index (χ2v) is 1.38. The summed E-state index contributed by atoms with van der Waals surface area (Å²) in [6.07, 6.45) is 1.28. The van der Waals surface area contributed by atoms with E-state index >= 15 is 0 Å². The van der Waals surface area contributed by atoms with E-state index in [4.69, 9.17) is 0 Å². The van der Waals surface area contributed by atoms with E-state index < -0.39 is 5.97 Å². The number of esters is 1. The third-order valence-corrected chi connectivity index (χ3v) is 0.794. The molecule has 0 aliphatic rings. The minimum absolute atomic E-state index is 0.0326. The fourth-order valence-electron chi connectivity index (χ4n) is 0.423. The lowest BCUT2D eigenvalue weighted by molar-refractivity contribution is -0.124. The number of hydrogen-bond donors (Lipinski definition) is 0. The Labute approximate surface area is 55.6 Å². The first-order valence-electron chi connectivity index (χ1n) is 2.40. The third kappa shape index (κ3) is 1.19. The smallest absolute Gasteiger partial charge is 0.384 e. The van der Waals surface area contributed by atoms with Gasteiger partial charge in [0.15, 0.2) is 0 Å². The first-order chi connectivity index (χ1) is 4.84. The van der Waals surface area contributed by atoms with Crippen molar-refractivity contribution in [2.75, 3.05) is 0 Å². The van der Waals surface area contributed by atoms with Crippen molar-refractivity contribution in [3.05, 3.63) is 18.0 Å². The number of rotatable bonds is 2. The summed E-state index contributed by atoms with van der Waals surface area (Å²) >= 11 is 0. The molecule has 0 atom stereocenters. The number of ether oxygens (including phenoxy) is 1. The highest BCUT2D eigenvalue weighted by Crippen LogP contribution is 1.97. The monoisotopic (exact) mass is 141 g/mol. The molecule has 0 amide bonds. The molecule has 0 fully saturated rings. The summed E-state index contributed by atoms with van der Waals surface area (Å²) in [5.74, 6) is -0.931. The molecule has 5 heteroatoms. The van der Waals surface area contributed by atoms with Crippen LogP contribution in [0.5, 0.6) is 0 Å². The standard InChI is InChI=1S/C5H3NO4/c7-3-9-5(8)4-1-2-6-10-4/h1-3H. The van der Waals surface area contributed by atoms with Gasteiger partial charge in [-0.2, -0.15) is 0 Å². The molecule has 0 aromatic carbocycles.